The zero-order valence-corrected chi connectivity index (χ0v) is 14.9. The minimum Gasteiger partial charge on any atom is -0.491 e. The molecule has 0 bridgehead atoms. The van der Waals surface area contributed by atoms with Gasteiger partial charge in [-0.1, -0.05) is 13.0 Å². The van der Waals surface area contributed by atoms with E-state index in [1.807, 2.05) is 0 Å². The number of carbonyl (C=O) groups is 1. The predicted octanol–water partition coefficient (Wildman–Crippen LogP) is 1.61. The molecule has 1 aromatic rings. The molecule has 0 aliphatic rings. The van der Waals surface area contributed by atoms with E-state index in [4.69, 9.17) is 9.47 Å². The quantitative estimate of drug-likeness (QED) is 0.637. The van der Waals surface area contributed by atoms with E-state index in [2.05, 4.69) is 0 Å². The van der Waals surface area contributed by atoms with Crippen molar-refractivity contribution in [3.05, 3.63) is 29.8 Å². The molecule has 0 aromatic heterocycles. The number of ether oxygens (including phenoxy) is 2. The van der Waals surface area contributed by atoms with Crippen molar-refractivity contribution < 1.29 is 22.7 Å². The second-order valence-corrected chi connectivity index (χ2v) is 7.73. The van der Waals surface area contributed by atoms with Gasteiger partial charge < -0.3 is 14.4 Å². The average Bonchev–Trinajstić information content (AvgIpc) is 2.53. The lowest BCUT2D eigenvalue weighted by Gasteiger charge is -2.25. The fraction of sp³-hybridized carbons (Fsp3) is 0.562. The number of nitrogens with zero attached hydrogens (tertiary/aromatic N) is 1. The van der Waals surface area contributed by atoms with Crippen molar-refractivity contribution in [2.24, 2.45) is 0 Å². The Hall–Kier alpha value is -1.60. The topological polar surface area (TPSA) is 72.9 Å². The lowest BCUT2D eigenvalue weighted by atomic mass is 10.1. The normalized spacial score (nSPS) is 12.7. The molecule has 0 N–H and O–H groups in total. The van der Waals surface area contributed by atoms with Crippen LogP contribution >= 0.6 is 0 Å². The second kappa shape index (κ2) is 8.88. The van der Waals surface area contributed by atoms with Crippen molar-refractivity contribution in [3.8, 4) is 5.75 Å². The SMILES string of the molecule is CCS(=O)(=O)C[C@@H](C)N(C)C(=O)c1cccc(OCCOC)c1. The summed E-state index contributed by atoms with van der Waals surface area (Å²) in [6.45, 7) is 4.19. The minimum absolute atomic E-state index is 0.0459. The van der Waals surface area contributed by atoms with Crippen LogP contribution in [-0.4, -0.2) is 64.1 Å². The molecule has 0 radical (unpaired) electrons. The predicted molar refractivity (Wildman–Crippen MR) is 89.7 cm³/mol. The number of rotatable bonds is 9. The molecule has 7 heteroatoms. The molecule has 0 unspecified atom stereocenters. The highest BCUT2D eigenvalue weighted by atomic mass is 32.2. The van der Waals surface area contributed by atoms with Crippen LogP contribution in [0.25, 0.3) is 0 Å². The number of carbonyl (C=O) groups excluding carboxylic acids is 1. The van der Waals surface area contributed by atoms with Crippen LogP contribution < -0.4 is 4.74 Å². The van der Waals surface area contributed by atoms with Crippen molar-refractivity contribution in [1.29, 1.82) is 0 Å². The van der Waals surface area contributed by atoms with E-state index in [1.165, 1.54) is 4.90 Å². The monoisotopic (exact) mass is 343 g/mol. The van der Waals surface area contributed by atoms with Gasteiger partial charge in [-0.05, 0) is 25.1 Å². The minimum atomic E-state index is -3.14. The Morgan fingerprint density at radius 1 is 1.30 bits per heavy atom. The Morgan fingerprint density at radius 2 is 2.00 bits per heavy atom. The van der Waals surface area contributed by atoms with Gasteiger partial charge in [0.15, 0.2) is 9.84 Å². The van der Waals surface area contributed by atoms with E-state index < -0.39 is 15.9 Å². The van der Waals surface area contributed by atoms with Gasteiger partial charge in [0.05, 0.1) is 12.4 Å². The molecule has 0 heterocycles. The average molecular weight is 343 g/mol. The summed E-state index contributed by atoms with van der Waals surface area (Å²) in [5.74, 6) is 0.369. The summed E-state index contributed by atoms with van der Waals surface area (Å²) in [5, 5.41) is 0. The fourth-order valence-electron chi connectivity index (χ4n) is 1.96. The number of sulfone groups is 1. The number of methoxy groups -OCH3 is 1. The Morgan fingerprint density at radius 3 is 2.61 bits per heavy atom. The van der Waals surface area contributed by atoms with Gasteiger partial charge in [-0.15, -0.1) is 0 Å². The highest BCUT2D eigenvalue weighted by Crippen LogP contribution is 2.16. The third-order valence-corrected chi connectivity index (χ3v) is 5.42. The first-order valence-corrected chi connectivity index (χ1v) is 9.32. The summed E-state index contributed by atoms with van der Waals surface area (Å²) in [5.41, 5.74) is 0.461. The van der Waals surface area contributed by atoms with E-state index in [1.54, 1.807) is 52.3 Å². The second-order valence-electron chi connectivity index (χ2n) is 5.33. The molecule has 0 spiro atoms. The van der Waals surface area contributed by atoms with Gasteiger partial charge in [-0.3, -0.25) is 4.79 Å². The van der Waals surface area contributed by atoms with Crippen LogP contribution in [0.4, 0.5) is 0 Å². The van der Waals surface area contributed by atoms with Gasteiger partial charge in [0.25, 0.3) is 5.91 Å². The Kier molecular flexibility index (Phi) is 7.51. The number of benzene rings is 1. The molecular weight excluding hydrogens is 318 g/mol. The van der Waals surface area contributed by atoms with Gasteiger partial charge >= 0.3 is 0 Å². The van der Waals surface area contributed by atoms with Gasteiger partial charge in [-0.25, -0.2) is 8.42 Å². The Balaban J connectivity index is 2.77. The summed E-state index contributed by atoms with van der Waals surface area (Å²) in [6.07, 6.45) is 0. The molecule has 0 fully saturated rings. The molecule has 1 aromatic carbocycles. The van der Waals surface area contributed by atoms with Crippen molar-refractivity contribution in [3.63, 3.8) is 0 Å². The van der Waals surface area contributed by atoms with Crippen LogP contribution in [0, 0.1) is 0 Å². The molecule has 0 saturated heterocycles. The number of hydrogen-bond acceptors (Lipinski definition) is 5. The van der Waals surface area contributed by atoms with Gasteiger partial charge in [-0.2, -0.15) is 0 Å². The fourth-order valence-corrected chi connectivity index (χ4v) is 3.16. The maximum atomic E-state index is 12.5. The maximum Gasteiger partial charge on any atom is 0.254 e. The van der Waals surface area contributed by atoms with E-state index in [0.29, 0.717) is 24.5 Å². The van der Waals surface area contributed by atoms with Gasteiger partial charge in [0.1, 0.15) is 12.4 Å². The molecule has 1 amide bonds. The van der Waals surface area contributed by atoms with Crippen LogP contribution in [0.3, 0.4) is 0 Å². The third-order valence-electron chi connectivity index (χ3n) is 3.55. The molecule has 0 aliphatic heterocycles. The summed E-state index contributed by atoms with van der Waals surface area (Å²) in [4.78, 5) is 13.9. The van der Waals surface area contributed by atoms with Crippen LogP contribution in [0.1, 0.15) is 24.2 Å². The first-order valence-electron chi connectivity index (χ1n) is 7.50. The van der Waals surface area contributed by atoms with Crippen molar-refractivity contribution in [1.82, 2.24) is 4.90 Å². The van der Waals surface area contributed by atoms with Crippen molar-refractivity contribution in [2.75, 3.05) is 38.9 Å². The zero-order chi connectivity index (χ0) is 17.5. The summed E-state index contributed by atoms with van der Waals surface area (Å²) in [6, 6.07) is 6.43. The van der Waals surface area contributed by atoms with Crippen LogP contribution in [0.5, 0.6) is 5.75 Å². The van der Waals surface area contributed by atoms with E-state index in [-0.39, 0.29) is 17.4 Å². The molecule has 1 atom stereocenters. The molecule has 23 heavy (non-hydrogen) atoms. The molecule has 0 aliphatic carbocycles. The van der Waals surface area contributed by atoms with Gasteiger partial charge in [0, 0.05) is 31.5 Å². The lowest BCUT2D eigenvalue weighted by Crippen LogP contribution is -2.39. The highest BCUT2D eigenvalue weighted by Gasteiger charge is 2.22. The molecule has 6 nitrogen and oxygen atoms in total. The molecular formula is C16H25NO5S. The van der Waals surface area contributed by atoms with E-state index in [0.717, 1.165) is 0 Å². The van der Waals surface area contributed by atoms with Crippen LogP contribution in [0.15, 0.2) is 24.3 Å². The third kappa shape index (κ3) is 6.19. The lowest BCUT2D eigenvalue weighted by molar-refractivity contribution is 0.0756. The number of amides is 1. The number of hydrogen-bond donors (Lipinski definition) is 0. The molecule has 1 rings (SSSR count). The summed E-state index contributed by atoms with van der Waals surface area (Å²) >= 11 is 0. The first-order chi connectivity index (χ1) is 10.8. The smallest absolute Gasteiger partial charge is 0.254 e. The summed E-state index contributed by atoms with van der Waals surface area (Å²) in [7, 11) is 0.0600. The Bertz CT molecular complexity index is 615. The Labute approximate surface area is 138 Å². The summed E-state index contributed by atoms with van der Waals surface area (Å²) < 4.78 is 33.8. The van der Waals surface area contributed by atoms with Crippen LogP contribution in [0.2, 0.25) is 0 Å². The van der Waals surface area contributed by atoms with E-state index >= 15 is 0 Å². The molecule has 0 saturated carbocycles. The van der Waals surface area contributed by atoms with Crippen molar-refractivity contribution in [2.45, 2.75) is 19.9 Å². The van der Waals surface area contributed by atoms with E-state index in [9.17, 15) is 13.2 Å². The largest absolute Gasteiger partial charge is 0.491 e. The maximum absolute atomic E-state index is 12.5. The standard InChI is InChI=1S/C16H25NO5S/c1-5-23(19,20)12-13(2)17(3)16(18)14-7-6-8-15(11-14)22-10-9-21-4/h6-8,11,13H,5,9-10,12H2,1-4H3/t13-/m1/s1. The van der Waals surface area contributed by atoms with Crippen molar-refractivity contribution >= 4 is 15.7 Å². The highest BCUT2D eigenvalue weighted by molar-refractivity contribution is 7.91. The van der Waals surface area contributed by atoms with Crippen LogP contribution in [-0.2, 0) is 14.6 Å². The zero-order valence-electron chi connectivity index (χ0n) is 14.1. The first kappa shape index (κ1) is 19.4. The molecule has 130 valence electrons. The van der Waals surface area contributed by atoms with Gasteiger partial charge in [0.2, 0.25) is 0 Å².